The van der Waals surface area contributed by atoms with Crippen LogP contribution in [0.3, 0.4) is 0 Å². The van der Waals surface area contributed by atoms with Gasteiger partial charge in [-0.2, -0.15) is 0 Å². The number of rotatable bonds is 3. The first-order valence-electron chi connectivity index (χ1n) is 5.58. The SMILES string of the molecule is O=C([O-])C1(CC2CCC=CO2)CCC=CO1. The number of ether oxygens (including phenoxy) is 2. The molecule has 2 unspecified atom stereocenters. The molecule has 0 fully saturated rings. The van der Waals surface area contributed by atoms with Crippen LogP contribution in [-0.2, 0) is 14.3 Å². The van der Waals surface area contributed by atoms with Gasteiger partial charge in [0, 0.05) is 6.42 Å². The molecule has 0 amide bonds. The predicted molar refractivity (Wildman–Crippen MR) is 55.1 cm³/mol. The number of hydrogen-bond donors (Lipinski definition) is 0. The fourth-order valence-electron chi connectivity index (χ4n) is 2.11. The van der Waals surface area contributed by atoms with Gasteiger partial charge >= 0.3 is 0 Å². The van der Waals surface area contributed by atoms with Crippen molar-refractivity contribution in [3.8, 4) is 0 Å². The molecular weight excluding hydrogens is 208 g/mol. The molecule has 0 saturated heterocycles. The highest BCUT2D eigenvalue weighted by Gasteiger charge is 2.37. The van der Waals surface area contributed by atoms with Gasteiger partial charge in [-0.3, -0.25) is 0 Å². The molecule has 0 bridgehead atoms. The van der Waals surface area contributed by atoms with Crippen LogP contribution in [0.1, 0.15) is 32.1 Å². The zero-order valence-corrected chi connectivity index (χ0v) is 9.06. The summed E-state index contributed by atoms with van der Waals surface area (Å²) < 4.78 is 10.7. The lowest BCUT2D eigenvalue weighted by molar-refractivity contribution is -0.327. The number of carboxylic acids is 1. The molecule has 0 aromatic heterocycles. The molecule has 0 spiro atoms. The van der Waals surface area contributed by atoms with E-state index < -0.39 is 11.6 Å². The Balaban J connectivity index is 2.05. The first-order valence-corrected chi connectivity index (χ1v) is 5.58. The molecule has 2 aliphatic heterocycles. The highest BCUT2D eigenvalue weighted by atomic mass is 16.5. The summed E-state index contributed by atoms with van der Waals surface area (Å²) in [6.45, 7) is 0. The zero-order chi connectivity index (χ0) is 11.4. The van der Waals surface area contributed by atoms with E-state index in [0.29, 0.717) is 19.3 Å². The predicted octanol–water partition coefficient (Wildman–Crippen LogP) is 0.882. The lowest BCUT2D eigenvalue weighted by Crippen LogP contribution is -2.52. The van der Waals surface area contributed by atoms with Crippen molar-refractivity contribution in [3.63, 3.8) is 0 Å². The molecule has 0 N–H and O–H groups in total. The maximum absolute atomic E-state index is 11.2. The molecule has 2 heterocycles. The molecule has 0 aromatic carbocycles. The van der Waals surface area contributed by atoms with Gasteiger partial charge in [-0.25, -0.2) is 0 Å². The number of allylic oxidation sites excluding steroid dienone is 2. The molecule has 0 radical (unpaired) electrons. The first-order chi connectivity index (χ1) is 7.73. The van der Waals surface area contributed by atoms with Crippen LogP contribution in [0.2, 0.25) is 0 Å². The van der Waals surface area contributed by atoms with Crippen molar-refractivity contribution < 1.29 is 19.4 Å². The molecule has 2 rings (SSSR count). The van der Waals surface area contributed by atoms with Gasteiger partial charge in [-0.15, -0.1) is 0 Å². The molecule has 0 aromatic rings. The summed E-state index contributed by atoms with van der Waals surface area (Å²) in [7, 11) is 0. The van der Waals surface area contributed by atoms with Crippen molar-refractivity contribution in [2.45, 2.75) is 43.8 Å². The van der Waals surface area contributed by atoms with E-state index in [-0.39, 0.29) is 6.10 Å². The fraction of sp³-hybridized carbons (Fsp3) is 0.583. The molecule has 2 atom stereocenters. The lowest BCUT2D eigenvalue weighted by Gasteiger charge is -2.38. The number of hydrogen-bond acceptors (Lipinski definition) is 4. The van der Waals surface area contributed by atoms with E-state index in [1.54, 1.807) is 6.26 Å². The highest BCUT2D eigenvalue weighted by Crippen LogP contribution is 2.31. The van der Waals surface area contributed by atoms with E-state index in [9.17, 15) is 9.90 Å². The van der Waals surface area contributed by atoms with E-state index in [1.165, 1.54) is 6.26 Å². The Morgan fingerprint density at radius 2 is 2.19 bits per heavy atom. The Labute approximate surface area is 94.5 Å². The normalized spacial score (nSPS) is 32.9. The van der Waals surface area contributed by atoms with Crippen molar-refractivity contribution in [2.24, 2.45) is 0 Å². The fourth-order valence-corrected chi connectivity index (χ4v) is 2.11. The monoisotopic (exact) mass is 223 g/mol. The summed E-state index contributed by atoms with van der Waals surface area (Å²) in [6.07, 6.45) is 10.0. The van der Waals surface area contributed by atoms with Crippen LogP contribution < -0.4 is 5.11 Å². The molecule has 4 heteroatoms. The van der Waals surface area contributed by atoms with Crippen molar-refractivity contribution >= 4 is 5.97 Å². The second-order valence-corrected chi connectivity index (χ2v) is 4.22. The van der Waals surface area contributed by atoms with Gasteiger partial charge in [0.2, 0.25) is 0 Å². The number of carboxylic acid groups (broad SMARTS) is 1. The Morgan fingerprint density at radius 3 is 2.75 bits per heavy atom. The minimum absolute atomic E-state index is 0.0885. The summed E-state index contributed by atoms with van der Waals surface area (Å²) >= 11 is 0. The van der Waals surface area contributed by atoms with E-state index in [1.807, 2.05) is 12.2 Å². The standard InChI is InChI=1S/C12H16O4/c13-11(14)12(6-2-4-8-16-12)9-10-5-1-3-7-15-10/h3-4,7-8,10H,1-2,5-6,9H2,(H,13,14)/p-1. The second kappa shape index (κ2) is 4.60. The lowest BCUT2D eigenvalue weighted by atomic mass is 9.88. The van der Waals surface area contributed by atoms with Gasteiger partial charge in [-0.05, 0) is 37.8 Å². The average molecular weight is 223 g/mol. The Morgan fingerprint density at radius 1 is 1.38 bits per heavy atom. The smallest absolute Gasteiger partial charge is 0.151 e. The highest BCUT2D eigenvalue weighted by molar-refractivity contribution is 5.75. The Hall–Kier alpha value is -1.45. The summed E-state index contributed by atoms with van der Waals surface area (Å²) in [5, 5.41) is 11.2. The third-order valence-corrected chi connectivity index (χ3v) is 3.06. The second-order valence-electron chi connectivity index (χ2n) is 4.22. The van der Waals surface area contributed by atoms with Gasteiger partial charge in [0.15, 0.2) is 5.60 Å². The largest absolute Gasteiger partial charge is 0.546 e. The van der Waals surface area contributed by atoms with Crippen LogP contribution in [0.15, 0.2) is 24.7 Å². The van der Waals surface area contributed by atoms with Crippen molar-refractivity contribution in [1.82, 2.24) is 0 Å². The van der Waals surface area contributed by atoms with Gasteiger partial charge in [0.05, 0.1) is 18.5 Å². The van der Waals surface area contributed by atoms with Crippen molar-refractivity contribution in [3.05, 3.63) is 24.7 Å². The van der Waals surface area contributed by atoms with Gasteiger partial charge in [0.25, 0.3) is 0 Å². The van der Waals surface area contributed by atoms with Crippen LogP contribution in [-0.4, -0.2) is 17.7 Å². The van der Waals surface area contributed by atoms with E-state index >= 15 is 0 Å². The molecule has 88 valence electrons. The van der Waals surface area contributed by atoms with E-state index in [2.05, 4.69) is 0 Å². The minimum atomic E-state index is -1.20. The minimum Gasteiger partial charge on any atom is -0.546 e. The van der Waals surface area contributed by atoms with Crippen LogP contribution in [0, 0.1) is 0 Å². The summed E-state index contributed by atoms with van der Waals surface area (Å²) in [4.78, 5) is 11.2. The topological polar surface area (TPSA) is 58.6 Å². The maximum Gasteiger partial charge on any atom is 0.151 e. The number of carbonyl (C=O) groups excluding carboxylic acids is 1. The van der Waals surface area contributed by atoms with Crippen LogP contribution in [0.5, 0.6) is 0 Å². The van der Waals surface area contributed by atoms with Crippen molar-refractivity contribution in [1.29, 1.82) is 0 Å². The summed E-state index contributed by atoms with van der Waals surface area (Å²) in [5.41, 5.74) is -1.20. The number of carbonyl (C=O) groups is 1. The van der Waals surface area contributed by atoms with Crippen LogP contribution in [0.4, 0.5) is 0 Å². The third-order valence-electron chi connectivity index (χ3n) is 3.06. The van der Waals surface area contributed by atoms with Crippen LogP contribution >= 0.6 is 0 Å². The van der Waals surface area contributed by atoms with Gasteiger partial charge in [-0.1, -0.05) is 0 Å². The van der Waals surface area contributed by atoms with Crippen molar-refractivity contribution in [2.75, 3.05) is 0 Å². The molecule has 4 nitrogen and oxygen atoms in total. The third kappa shape index (κ3) is 2.21. The van der Waals surface area contributed by atoms with E-state index in [4.69, 9.17) is 9.47 Å². The molecule has 0 saturated carbocycles. The summed E-state index contributed by atoms with van der Waals surface area (Å²) in [6, 6.07) is 0. The zero-order valence-electron chi connectivity index (χ0n) is 9.06. The van der Waals surface area contributed by atoms with Gasteiger partial charge in [0.1, 0.15) is 6.10 Å². The number of aliphatic carboxylic acids is 1. The average Bonchev–Trinajstić information content (AvgIpc) is 2.31. The van der Waals surface area contributed by atoms with Crippen LogP contribution in [0.25, 0.3) is 0 Å². The first kappa shape index (κ1) is 11.0. The Kier molecular flexibility index (Phi) is 3.17. The molecule has 2 aliphatic rings. The van der Waals surface area contributed by atoms with Gasteiger partial charge < -0.3 is 19.4 Å². The van der Waals surface area contributed by atoms with E-state index in [0.717, 1.165) is 12.8 Å². The molecular formula is C12H15O4-. The molecule has 16 heavy (non-hydrogen) atoms. The quantitative estimate of drug-likeness (QED) is 0.712. The summed E-state index contributed by atoms with van der Waals surface area (Å²) in [5.74, 6) is -1.14. The maximum atomic E-state index is 11.2. The molecule has 0 aliphatic carbocycles. The Bertz CT molecular complexity index is 321.